The molecule has 15 heavy (non-hydrogen) atoms. The summed E-state index contributed by atoms with van der Waals surface area (Å²) in [5.41, 5.74) is 0.239. The number of nitrogens with zero attached hydrogens (tertiary/aromatic N) is 1. The van der Waals surface area contributed by atoms with Gasteiger partial charge in [0.2, 0.25) is 0 Å². The topological polar surface area (TPSA) is 42.4 Å². The number of rotatable bonds is 2. The smallest absolute Gasteiger partial charge is 0.0913 e. The standard InChI is InChI=1S/C12H17NO2/c1-15-11-4-6-12(14,7-5-11)10-3-2-8-13-9-10/h2-3,8-9,11,14H,4-7H2,1H3. The van der Waals surface area contributed by atoms with E-state index in [9.17, 15) is 5.11 Å². The Kier molecular flexibility index (Phi) is 3.03. The average Bonchev–Trinajstić information content (AvgIpc) is 2.31. The van der Waals surface area contributed by atoms with E-state index in [2.05, 4.69) is 4.98 Å². The molecule has 1 heterocycles. The molecule has 3 heteroatoms. The number of hydrogen-bond donors (Lipinski definition) is 1. The molecule has 0 aromatic carbocycles. The van der Waals surface area contributed by atoms with Crippen LogP contribution in [0.2, 0.25) is 0 Å². The van der Waals surface area contributed by atoms with Crippen LogP contribution in [-0.2, 0) is 10.3 Å². The van der Waals surface area contributed by atoms with Crippen molar-refractivity contribution in [2.45, 2.75) is 37.4 Å². The Morgan fingerprint density at radius 3 is 2.73 bits per heavy atom. The lowest BCUT2D eigenvalue weighted by atomic mass is 9.79. The molecule has 0 radical (unpaired) electrons. The number of methoxy groups -OCH3 is 1. The second kappa shape index (κ2) is 4.29. The largest absolute Gasteiger partial charge is 0.385 e. The van der Waals surface area contributed by atoms with Gasteiger partial charge in [-0.2, -0.15) is 0 Å². The van der Waals surface area contributed by atoms with Crippen LogP contribution >= 0.6 is 0 Å². The van der Waals surface area contributed by atoms with Gasteiger partial charge in [0.25, 0.3) is 0 Å². The van der Waals surface area contributed by atoms with E-state index in [0.717, 1.165) is 31.2 Å². The minimum atomic E-state index is -0.691. The Bertz CT molecular complexity index is 305. The van der Waals surface area contributed by atoms with Gasteiger partial charge >= 0.3 is 0 Å². The van der Waals surface area contributed by atoms with Crippen molar-refractivity contribution in [1.29, 1.82) is 0 Å². The number of hydrogen-bond acceptors (Lipinski definition) is 3. The summed E-state index contributed by atoms with van der Waals surface area (Å²) in [6, 6.07) is 3.82. The van der Waals surface area contributed by atoms with Gasteiger partial charge < -0.3 is 9.84 Å². The highest BCUT2D eigenvalue weighted by atomic mass is 16.5. The summed E-state index contributed by atoms with van der Waals surface area (Å²) in [5.74, 6) is 0. The van der Waals surface area contributed by atoms with Crippen LogP contribution in [0.3, 0.4) is 0 Å². The predicted octanol–water partition coefficient (Wildman–Crippen LogP) is 1.86. The molecule has 1 fully saturated rings. The monoisotopic (exact) mass is 207 g/mol. The van der Waals surface area contributed by atoms with E-state index in [1.54, 1.807) is 19.5 Å². The molecular weight excluding hydrogens is 190 g/mol. The number of pyridine rings is 1. The fourth-order valence-electron chi connectivity index (χ4n) is 2.23. The van der Waals surface area contributed by atoms with Crippen LogP contribution in [-0.4, -0.2) is 23.3 Å². The van der Waals surface area contributed by atoms with Crippen molar-refractivity contribution in [2.24, 2.45) is 0 Å². The molecule has 0 aliphatic heterocycles. The van der Waals surface area contributed by atoms with Crippen LogP contribution in [0.15, 0.2) is 24.5 Å². The van der Waals surface area contributed by atoms with Crippen LogP contribution in [0.25, 0.3) is 0 Å². The first-order valence-electron chi connectivity index (χ1n) is 5.40. The Morgan fingerprint density at radius 2 is 2.20 bits per heavy atom. The maximum atomic E-state index is 10.5. The Balaban J connectivity index is 2.10. The molecule has 0 bridgehead atoms. The van der Waals surface area contributed by atoms with E-state index < -0.39 is 5.60 Å². The fourth-order valence-corrected chi connectivity index (χ4v) is 2.23. The van der Waals surface area contributed by atoms with Gasteiger partial charge in [-0.15, -0.1) is 0 Å². The molecular formula is C12H17NO2. The molecule has 0 unspecified atom stereocenters. The lowest BCUT2D eigenvalue weighted by Crippen LogP contribution is -2.34. The molecule has 1 aromatic rings. The molecule has 2 rings (SSSR count). The quantitative estimate of drug-likeness (QED) is 0.804. The van der Waals surface area contributed by atoms with Crippen molar-refractivity contribution in [1.82, 2.24) is 4.98 Å². The summed E-state index contributed by atoms with van der Waals surface area (Å²) in [5, 5.41) is 10.5. The molecule has 1 saturated carbocycles. The van der Waals surface area contributed by atoms with Gasteiger partial charge in [0.1, 0.15) is 0 Å². The Morgan fingerprint density at radius 1 is 1.47 bits per heavy atom. The highest BCUT2D eigenvalue weighted by Gasteiger charge is 2.34. The van der Waals surface area contributed by atoms with Gasteiger partial charge in [0, 0.05) is 25.1 Å². The molecule has 0 saturated heterocycles. The summed E-state index contributed by atoms with van der Waals surface area (Å²) in [7, 11) is 1.74. The van der Waals surface area contributed by atoms with Gasteiger partial charge in [-0.05, 0) is 31.7 Å². The maximum Gasteiger partial charge on any atom is 0.0913 e. The molecule has 82 valence electrons. The van der Waals surface area contributed by atoms with Gasteiger partial charge in [-0.25, -0.2) is 0 Å². The Hall–Kier alpha value is -0.930. The highest BCUT2D eigenvalue weighted by molar-refractivity contribution is 5.18. The van der Waals surface area contributed by atoms with E-state index >= 15 is 0 Å². The summed E-state index contributed by atoms with van der Waals surface area (Å²) in [6.45, 7) is 0. The van der Waals surface area contributed by atoms with E-state index in [1.807, 2.05) is 12.1 Å². The zero-order valence-corrected chi connectivity index (χ0v) is 9.02. The van der Waals surface area contributed by atoms with E-state index in [-0.39, 0.29) is 0 Å². The van der Waals surface area contributed by atoms with E-state index in [0.29, 0.717) is 6.10 Å². The van der Waals surface area contributed by atoms with Crippen molar-refractivity contribution in [3.63, 3.8) is 0 Å². The van der Waals surface area contributed by atoms with Crippen molar-refractivity contribution in [3.05, 3.63) is 30.1 Å². The minimum absolute atomic E-state index is 0.307. The summed E-state index contributed by atoms with van der Waals surface area (Å²) in [6.07, 6.45) is 7.15. The third-order valence-corrected chi connectivity index (χ3v) is 3.29. The Labute approximate surface area is 90.1 Å². The number of ether oxygens (including phenoxy) is 1. The fraction of sp³-hybridized carbons (Fsp3) is 0.583. The molecule has 0 atom stereocenters. The molecule has 1 N–H and O–H groups in total. The molecule has 0 amide bonds. The maximum absolute atomic E-state index is 10.5. The van der Waals surface area contributed by atoms with Crippen LogP contribution < -0.4 is 0 Å². The second-order valence-corrected chi connectivity index (χ2v) is 4.21. The van der Waals surface area contributed by atoms with Crippen molar-refractivity contribution in [3.8, 4) is 0 Å². The summed E-state index contributed by atoms with van der Waals surface area (Å²) >= 11 is 0. The van der Waals surface area contributed by atoms with Crippen molar-refractivity contribution in [2.75, 3.05) is 7.11 Å². The normalized spacial score (nSPS) is 31.5. The molecule has 1 aliphatic carbocycles. The minimum Gasteiger partial charge on any atom is -0.385 e. The lowest BCUT2D eigenvalue weighted by molar-refractivity contribution is -0.0476. The third-order valence-electron chi connectivity index (χ3n) is 3.29. The first kappa shape index (κ1) is 10.6. The van der Waals surface area contributed by atoms with E-state index in [4.69, 9.17) is 4.74 Å². The SMILES string of the molecule is COC1CCC(O)(c2cccnc2)CC1. The van der Waals surface area contributed by atoms with Crippen LogP contribution in [0, 0.1) is 0 Å². The number of aromatic nitrogens is 1. The van der Waals surface area contributed by atoms with Crippen LogP contribution in [0.4, 0.5) is 0 Å². The van der Waals surface area contributed by atoms with Gasteiger partial charge in [0.15, 0.2) is 0 Å². The number of aliphatic hydroxyl groups is 1. The third kappa shape index (κ3) is 2.19. The van der Waals surface area contributed by atoms with Crippen molar-refractivity contribution < 1.29 is 9.84 Å². The highest BCUT2D eigenvalue weighted by Crippen LogP contribution is 2.37. The first-order valence-corrected chi connectivity index (χ1v) is 5.40. The zero-order chi connectivity index (χ0) is 10.7. The van der Waals surface area contributed by atoms with Gasteiger partial charge in [0.05, 0.1) is 11.7 Å². The molecule has 1 aliphatic rings. The summed E-state index contributed by atoms with van der Waals surface area (Å²) < 4.78 is 5.29. The van der Waals surface area contributed by atoms with Gasteiger partial charge in [-0.3, -0.25) is 4.98 Å². The van der Waals surface area contributed by atoms with Crippen LogP contribution in [0.5, 0.6) is 0 Å². The van der Waals surface area contributed by atoms with Crippen LogP contribution in [0.1, 0.15) is 31.2 Å². The predicted molar refractivity (Wildman–Crippen MR) is 57.4 cm³/mol. The second-order valence-electron chi connectivity index (χ2n) is 4.21. The molecule has 3 nitrogen and oxygen atoms in total. The van der Waals surface area contributed by atoms with E-state index in [1.165, 1.54) is 0 Å². The first-order chi connectivity index (χ1) is 7.24. The van der Waals surface area contributed by atoms with Gasteiger partial charge in [-0.1, -0.05) is 6.07 Å². The van der Waals surface area contributed by atoms with Crippen molar-refractivity contribution >= 4 is 0 Å². The average molecular weight is 207 g/mol. The summed E-state index contributed by atoms with van der Waals surface area (Å²) in [4.78, 5) is 4.05. The lowest BCUT2D eigenvalue weighted by Gasteiger charge is -2.35. The molecule has 0 spiro atoms. The zero-order valence-electron chi connectivity index (χ0n) is 9.02. The molecule has 1 aromatic heterocycles.